The molecule has 0 saturated carbocycles. The van der Waals surface area contributed by atoms with Crippen molar-refractivity contribution in [3.63, 3.8) is 0 Å². The predicted octanol–water partition coefficient (Wildman–Crippen LogP) is 3.42. The third-order valence-corrected chi connectivity index (χ3v) is 2.87. The molecule has 0 aliphatic rings. The van der Waals surface area contributed by atoms with Crippen LogP contribution in [0, 0.1) is 10.6 Å². The van der Waals surface area contributed by atoms with Gasteiger partial charge in [0.15, 0.2) is 16.4 Å². The first-order chi connectivity index (χ1) is 7.65. The molecule has 0 aliphatic heterocycles. The summed E-state index contributed by atoms with van der Waals surface area (Å²) in [6.45, 7) is 2.54. The van der Waals surface area contributed by atoms with Crippen molar-refractivity contribution in [2.45, 2.75) is 13.5 Å². The molecule has 0 unspecified atom stereocenters. The monoisotopic (exact) mass is 257 g/mol. The van der Waals surface area contributed by atoms with Crippen molar-refractivity contribution in [3.05, 3.63) is 33.8 Å². The van der Waals surface area contributed by atoms with Gasteiger partial charge in [-0.1, -0.05) is 17.7 Å². The SMILES string of the molecule is CCn1c(-c2cccc(Cl)c2F)n[nH]c1=S. The van der Waals surface area contributed by atoms with E-state index in [1.807, 2.05) is 6.92 Å². The van der Waals surface area contributed by atoms with Crippen LogP contribution in [-0.2, 0) is 6.54 Å². The van der Waals surface area contributed by atoms with Gasteiger partial charge in [-0.2, -0.15) is 5.10 Å². The number of hydrogen-bond donors (Lipinski definition) is 1. The van der Waals surface area contributed by atoms with Crippen molar-refractivity contribution in [3.8, 4) is 11.4 Å². The number of benzene rings is 1. The molecule has 0 fully saturated rings. The summed E-state index contributed by atoms with van der Waals surface area (Å²) in [6.07, 6.45) is 0. The molecule has 0 atom stereocenters. The van der Waals surface area contributed by atoms with Gasteiger partial charge in [-0.3, -0.25) is 5.10 Å². The van der Waals surface area contributed by atoms with Crippen LogP contribution in [0.3, 0.4) is 0 Å². The third kappa shape index (κ3) is 1.76. The highest BCUT2D eigenvalue weighted by atomic mass is 35.5. The molecule has 2 rings (SSSR count). The molecule has 16 heavy (non-hydrogen) atoms. The Morgan fingerprint density at radius 1 is 1.56 bits per heavy atom. The molecule has 1 aromatic heterocycles. The van der Waals surface area contributed by atoms with Crippen LogP contribution in [0.25, 0.3) is 11.4 Å². The highest BCUT2D eigenvalue weighted by Crippen LogP contribution is 2.26. The van der Waals surface area contributed by atoms with Gasteiger partial charge in [-0.05, 0) is 31.3 Å². The molecule has 3 nitrogen and oxygen atoms in total. The lowest BCUT2D eigenvalue weighted by Gasteiger charge is -2.05. The van der Waals surface area contributed by atoms with E-state index >= 15 is 0 Å². The maximum atomic E-state index is 13.8. The quantitative estimate of drug-likeness (QED) is 0.837. The zero-order chi connectivity index (χ0) is 11.7. The van der Waals surface area contributed by atoms with Gasteiger partial charge < -0.3 is 4.57 Å². The van der Waals surface area contributed by atoms with Gasteiger partial charge in [0.05, 0.1) is 10.6 Å². The summed E-state index contributed by atoms with van der Waals surface area (Å²) < 4.78 is 16.0. The Kier molecular flexibility index (Phi) is 3.07. The second kappa shape index (κ2) is 4.35. The summed E-state index contributed by atoms with van der Waals surface area (Å²) in [5.41, 5.74) is 0.349. The normalized spacial score (nSPS) is 10.7. The number of halogens is 2. The van der Waals surface area contributed by atoms with Crippen LogP contribution in [0.4, 0.5) is 4.39 Å². The van der Waals surface area contributed by atoms with Crippen molar-refractivity contribution in [2.24, 2.45) is 0 Å². The second-order valence-corrected chi connectivity index (χ2v) is 3.99. The van der Waals surface area contributed by atoms with Crippen LogP contribution in [0.5, 0.6) is 0 Å². The predicted molar refractivity (Wildman–Crippen MR) is 63.5 cm³/mol. The van der Waals surface area contributed by atoms with Gasteiger partial charge in [0.1, 0.15) is 0 Å². The molecule has 0 aliphatic carbocycles. The largest absolute Gasteiger partial charge is 0.300 e. The van der Waals surface area contributed by atoms with E-state index in [4.69, 9.17) is 23.8 Å². The van der Waals surface area contributed by atoms with Crippen molar-refractivity contribution in [2.75, 3.05) is 0 Å². The number of H-pyrrole nitrogens is 1. The van der Waals surface area contributed by atoms with Crippen LogP contribution >= 0.6 is 23.8 Å². The van der Waals surface area contributed by atoms with Crippen molar-refractivity contribution in [1.29, 1.82) is 0 Å². The number of hydrogen-bond acceptors (Lipinski definition) is 2. The van der Waals surface area contributed by atoms with Crippen molar-refractivity contribution < 1.29 is 4.39 Å². The molecule has 1 heterocycles. The second-order valence-electron chi connectivity index (χ2n) is 3.20. The maximum absolute atomic E-state index is 13.8. The van der Waals surface area contributed by atoms with Gasteiger partial charge in [0, 0.05) is 6.54 Å². The molecule has 6 heteroatoms. The van der Waals surface area contributed by atoms with E-state index in [2.05, 4.69) is 10.2 Å². The number of aromatic amines is 1. The molecule has 0 saturated heterocycles. The fourth-order valence-electron chi connectivity index (χ4n) is 1.49. The summed E-state index contributed by atoms with van der Waals surface area (Å²) in [4.78, 5) is 0. The van der Waals surface area contributed by atoms with Crippen LogP contribution in [0.2, 0.25) is 5.02 Å². The molecular formula is C10H9ClFN3S. The Bertz CT molecular complexity index is 576. The first-order valence-electron chi connectivity index (χ1n) is 4.74. The van der Waals surface area contributed by atoms with Crippen LogP contribution in [0.15, 0.2) is 18.2 Å². The lowest BCUT2D eigenvalue weighted by molar-refractivity contribution is 0.627. The molecule has 0 bridgehead atoms. The Morgan fingerprint density at radius 3 is 3.00 bits per heavy atom. The third-order valence-electron chi connectivity index (χ3n) is 2.27. The minimum atomic E-state index is -0.479. The fraction of sp³-hybridized carbons (Fsp3) is 0.200. The smallest absolute Gasteiger partial charge is 0.195 e. The fourth-order valence-corrected chi connectivity index (χ4v) is 1.93. The summed E-state index contributed by atoms with van der Waals surface area (Å²) in [5.74, 6) is -0.0135. The molecular weight excluding hydrogens is 249 g/mol. The first kappa shape index (κ1) is 11.3. The highest BCUT2D eigenvalue weighted by molar-refractivity contribution is 7.71. The molecule has 1 N–H and O–H groups in total. The van der Waals surface area contributed by atoms with Gasteiger partial charge in [-0.15, -0.1) is 0 Å². The Morgan fingerprint density at radius 2 is 2.31 bits per heavy atom. The van der Waals surface area contributed by atoms with Crippen molar-refractivity contribution in [1.82, 2.24) is 14.8 Å². The lowest BCUT2D eigenvalue weighted by atomic mass is 10.2. The first-order valence-corrected chi connectivity index (χ1v) is 5.53. The average molecular weight is 258 g/mol. The van der Waals surface area contributed by atoms with Gasteiger partial charge in [0.2, 0.25) is 0 Å². The number of aromatic nitrogens is 3. The van der Waals surface area contributed by atoms with E-state index in [1.54, 1.807) is 16.7 Å². The van der Waals surface area contributed by atoms with E-state index in [1.165, 1.54) is 6.07 Å². The van der Waals surface area contributed by atoms with E-state index < -0.39 is 5.82 Å². The van der Waals surface area contributed by atoms with Gasteiger partial charge >= 0.3 is 0 Å². The number of rotatable bonds is 2. The zero-order valence-electron chi connectivity index (χ0n) is 8.50. The Balaban J connectivity index is 2.68. The molecule has 0 spiro atoms. The lowest BCUT2D eigenvalue weighted by Crippen LogP contribution is -1.99. The van der Waals surface area contributed by atoms with Crippen LogP contribution in [0.1, 0.15) is 6.92 Å². The maximum Gasteiger partial charge on any atom is 0.195 e. The summed E-state index contributed by atoms with van der Waals surface area (Å²) in [6, 6.07) is 4.80. The van der Waals surface area contributed by atoms with Gasteiger partial charge in [-0.25, -0.2) is 4.39 Å². The van der Waals surface area contributed by atoms with Crippen molar-refractivity contribution >= 4 is 23.8 Å². The molecule has 2 aromatic rings. The zero-order valence-corrected chi connectivity index (χ0v) is 10.1. The summed E-state index contributed by atoms with van der Waals surface area (Å²) >= 11 is 10.8. The van der Waals surface area contributed by atoms with Crippen LogP contribution < -0.4 is 0 Å². The van der Waals surface area contributed by atoms with E-state index in [0.717, 1.165) is 0 Å². The van der Waals surface area contributed by atoms with E-state index in [-0.39, 0.29) is 5.02 Å². The molecule has 0 radical (unpaired) electrons. The summed E-state index contributed by atoms with van der Waals surface area (Å²) in [5, 5.41) is 6.72. The summed E-state index contributed by atoms with van der Waals surface area (Å²) in [7, 11) is 0. The standard InChI is InChI=1S/C10H9ClFN3S/c1-2-15-9(13-14-10(15)16)6-4-3-5-7(11)8(6)12/h3-5H,2H2,1H3,(H,14,16). The topological polar surface area (TPSA) is 33.6 Å². The molecule has 0 amide bonds. The van der Waals surface area contributed by atoms with E-state index in [0.29, 0.717) is 22.7 Å². The average Bonchev–Trinajstić information content (AvgIpc) is 2.63. The molecule has 1 aromatic carbocycles. The minimum absolute atomic E-state index is 0.0778. The van der Waals surface area contributed by atoms with Gasteiger partial charge in [0.25, 0.3) is 0 Å². The Labute approximate surface area is 102 Å². The highest BCUT2D eigenvalue weighted by Gasteiger charge is 2.14. The minimum Gasteiger partial charge on any atom is -0.300 e. The Hall–Kier alpha value is -1.20. The van der Waals surface area contributed by atoms with Crippen LogP contribution in [-0.4, -0.2) is 14.8 Å². The van der Waals surface area contributed by atoms with E-state index in [9.17, 15) is 4.39 Å². The molecule has 84 valence electrons. The number of nitrogens with one attached hydrogen (secondary N) is 1. The number of nitrogens with zero attached hydrogens (tertiary/aromatic N) is 2.